The summed E-state index contributed by atoms with van der Waals surface area (Å²) in [6.45, 7) is 1.38. The number of sulfonamides is 1. The lowest BCUT2D eigenvalue weighted by atomic mass is 10.2. The van der Waals surface area contributed by atoms with E-state index in [1.54, 1.807) is 25.1 Å². The van der Waals surface area contributed by atoms with Crippen molar-refractivity contribution in [1.82, 2.24) is 9.62 Å². The number of amides is 1. The Labute approximate surface area is 159 Å². The van der Waals surface area contributed by atoms with Gasteiger partial charge >= 0.3 is 0 Å². The smallest absolute Gasteiger partial charge is 0.235 e. The minimum absolute atomic E-state index is 0.205. The Morgan fingerprint density at radius 1 is 1.15 bits per heavy atom. The van der Waals surface area contributed by atoms with Crippen LogP contribution in [-0.4, -0.2) is 44.1 Å². The first kappa shape index (κ1) is 20.9. The van der Waals surface area contributed by atoms with Crippen molar-refractivity contribution >= 4 is 15.9 Å². The Bertz CT molecular complexity index is 859. The van der Waals surface area contributed by atoms with E-state index in [2.05, 4.69) is 5.32 Å². The predicted octanol–water partition coefficient (Wildman–Crippen LogP) is 2.17. The van der Waals surface area contributed by atoms with Crippen molar-refractivity contribution in [3.05, 3.63) is 66.0 Å². The lowest BCUT2D eigenvalue weighted by Gasteiger charge is -2.21. The number of hydrogen-bond acceptors (Lipinski definition) is 4. The average molecular weight is 394 g/mol. The van der Waals surface area contributed by atoms with Gasteiger partial charge in [0.1, 0.15) is 18.2 Å². The van der Waals surface area contributed by atoms with Crippen LogP contribution >= 0.6 is 0 Å². The van der Waals surface area contributed by atoms with Gasteiger partial charge in [-0.1, -0.05) is 36.4 Å². The number of nitrogens with zero attached hydrogens (tertiary/aromatic N) is 1. The Morgan fingerprint density at radius 3 is 2.41 bits per heavy atom. The molecule has 0 bridgehead atoms. The lowest BCUT2D eigenvalue weighted by molar-refractivity contribution is -0.122. The summed E-state index contributed by atoms with van der Waals surface area (Å²) >= 11 is 0. The second-order valence-corrected chi connectivity index (χ2v) is 8.20. The minimum atomic E-state index is -3.69. The molecule has 0 aliphatic heterocycles. The van der Waals surface area contributed by atoms with Gasteiger partial charge in [0, 0.05) is 12.1 Å². The van der Waals surface area contributed by atoms with Crippen LogP contribution in [0.2, 0.25) is 0 Å². The first-order valence-electron chi connectivity index (χ1n) is 8.41. The third kappa shape index (κ3) is 6.99. The highest BCUT2D eigenvalue weighted by atomic mass is 32.2. The van der Waals surface area contributed by atoms with Crippen molar-refractivity contribution in [3.63, 3.8) is 0 Å². The number of carbonyl (C=O) groups is 1. The number of hydrogen-bond donors (Lipinski definition) is 1. The molecule has 2 rings (SSSR count). The van der Waals surface area contributed by atoms with Gasteiger partial charge in [0.15, 0.2) is 0 Å². The second-order valence-electron chi connectivity index (χ2n) is 6.22. The van der Waals surface area contributed by atoms with Gasteiger partial charge in [-0.15, -0.1) is 0 Å². The summed E-state index contributed by atoms with van der Waals surface area (Å²) in [5.41, 5.74) is 0.205. The van der Waals surface area contributed by atoms with Gasteiger partial charge in [0.05, 0.1) is 18.8 Å². The van der Waals surface area contributed by atoms with E-state index in [1.165, 1.54) is 18.2 Å². The molecule has 6 nitrogen and oxygen atoms in total. The summed E-state index contributed by atoms with van der Waals surface area (Å²) in [6, 6.07) is 14.7. The molecule has 27 heavy (non-hydrogen) atoms. The monoisotopic (exact) mass is 394 g/mol. The minimum Gasteiger partial charge on any atom is -0.491 e. The Hall–Kier alpha value is -2.45. The van der Waals surface area contributed by atoms with Crippen LogP contribution in [0.25, 0.3) is 0 Å². The molecule has 0 spiro atoms. The molecule has 0 fully saturated rings. The Balaban J connectivity index is 1.92. The van der Waals surface area contributed by atoms with Crippen molar-refractivity contribution in [3.8, 4) is 5.75 Å². The van der Waals surface area contributed by atoms with Crippen molar-refractivity contribution in [2.24, 2.45) is 0 Å². The molecule has 1 N–H and O–H groups in total. The third-order valence-electron chi connectivity index (χ3n) is 3.74. The number of rotatable bonds is 9. The van der Waals surface area contributed by atoms with Gasteiger partial charge in [-0.2, -0.15) is 4.31 Å². The van der Waals surface area contributed by atoms with E-state index in [0.717, 1.165) is 10.6 Å². The van der Waals surface area contributed by atoms with Gasteiger partial charge in [0.2, 0.25) is 15.9 Å². The molecule has 0 heterocycles. The van der Waals surface area contributed by atoms with Crippen LogP contribution in [-0.2, 0) is 21.4 Å². The number of nitrogens with one attached hydrogen (secondary N) is 1. The maximum Gasteiger partial charge on any atom is 0.235 e. The van der Waals surface area contributed by atoms with Crippen LogP contribution in [0, 0.1) is 5.82 Å². The van der Waals surface area contributed by atoms with Gasteiger partial charge < -0.3 is 10.1 Å². The fourth-order valence-corrected chi connectivity index (χ4v) is 3.09. The number of benzene rings is 2. The maximum absolute atomic E-state index is 13.8. The van der Waals surface area contributed by atoms with E-state index in [4.69, 9.17) is 4.74 Å². The molecule has 1 amide bonds. The molecular formula is C19H23FN2O4S. The van der Waals surface area contributed by atoms with Gasteiger partial charge in [-0.3, -0.25) is 4.79 Å². The summed E-state index contributed by atoms with van der Waals surface area (Å²) in [5.74, 6) is -0.326. The van der Waals surface area contributed by atoms with E-state index in [0.29, 0.717) is 5.75 Å². The number of halogens is 1. The first-order chi connectivity index (χ1) is 12.8. The largest absolute Gasteiger partial charge is 0.491 e. The fourth-order valence-electron chi connectivity index (χ4n) is 2.37. The van der Waals surface area contributed by atoms with E-state index >= 15 is 0 Å². The summed E-state index contributed by atoms with van der Waals surface area (Å²) in [6.07, 6.45) is 0.989. The lowest BCUT2D eigenvalue weighted by Crippen LogP contribution is -2.44. The quantitative estimate of drug-likeness (QED) is 0.707. The standard InChI is InChI=1S/C19H23FN2O4S/c1-15(14-26-17-9-4-3-5-10-17)21-19(23)13-22(27(2,24)25)12-16-8-6-7-11-18(16)20/h3-11,15H,12-14H2,1-2H3,(H,21,23). The van der Waals surface area contributed by atoms with Crippen LogP contribution in [0.15, 0.2) is 54.6 Å². The van der Waals surface area contributed by atoms with Gasteiger partial charge in [-0.25, -0.2) is 12.8 Å². The number of carbonyl (C=O) groups excluding carboxylic acids is 1. The maximum atomic E-state index is 13.8. The normalized spacial score (nSPS) is 12.6. The molecular weight excluding hydrogens is 371 g/mol. The zero-order valence-corrected chi connectivity index (χ0v) is 16.1. The summed E-state index contributed by atoms with van der Waals surface area (Å²) in [4.78, 5) is 12.2. The molecule has 0 radical (unpaired) electrons. The summed E-state index contributed by atoms with van der Waals surface area (Å²) in [7, 11) is -3.69. The van der Waals surface area contributed by atoms with E-state index < -0.39 is 28.3 Å². The van der Waals surface area contributed by atoms with Crippen LogP contribution in [0.3, 0.4) is 0 Å². The first-order valence-corrected chi connectivity index (χ1v) is 10.3. The zero-order valence-electron chi connectivity index (χ0n) is 15.3. The van der Waals surface area contributed by atoms with E-state index in [-0.39, 0.29) is 24.8 Å². The highest BCUT2D eigenvalue weighted by Gasteiger charge is 2.22. The van der Waals surface area contributed by atoms with Crippen LogP contribution in [0.5, 0.6) is 5.75 Å². The summed E-state index contributed by atoms with van der Waals surface area (Å²) < 4.78 is 44.3. The van der Waals surface area contributed by atoms with Crippen LogP contribution in [0.1, 0.15) is 12.5 Å². The van der Waals surface area contributed by atoms with Crippen molar-refractivity contribution in [2.45, 2.75) is 19.5 Å². The van der Waals surface area contributed by atoms with Crippen molar-refractivity contribution in [1.29, 1.82) is 0 Å². The molecule has 8 heteroatoms. The molecule has 0 aliphatic rings. The highest BCUT2D eigenvalue weighted by Crippen LogP contribution is 2.12. The van der Waals surface area contributed by atoms with E-state index in [9.17, 15) is 17.6 Å². The third-order valence-corrected chi connectivity index (χ3v) is 4.94. The number of ether oxygens (including phenoxy) is 1. The van der Waals surface area contributed by atoms with Gasteiger partial charge in [0.25, 0.3) is 0 Å². The Morgan fingerprint density at radius 2 is 1.78 bits per heavy atom. The average Bonchev–Trinajstić information content (AvgIpc) is 2.61. The van der Waals surface area contributed by atoms with Crippen LogP contribution < -0.4 is 10.1 Å². The van der Waals surface area contributed by atoms with Gasteiger partial charge in [-0.05, 0) is 25.1 Å². The van der Waals surface area contributed by atoms with E-state index in [1.807, 2.05) is 18.2 Å². The number of para-hydroxylation sites is 1. The molecule has 0 saturated carbocycles. The summed E-state index contributed by atoms with van der Waals surface area (Å²) in [5, 5.41) is 2.69. The molecule has 2 aromatic rings. The van der Waals surface area contributed by atoms with Crippen LogP contribution in [0.4, 0.5) is 4.39 Å². The molecule has 1 atom stereocenters. The van der Waals surface area contributed by atoms with Crippen molar-refractivity contribution < 1.29 is 22.3 Å². The fraction of sp³-hybridized carbons (Fsp3) is 0.316. The molecule has 0 aromatic heterocycles. The predicted molar refractivity (Wildman–Crippen MR) is 101 cm³/mol. The Kier molecular flexibility index (Phi) is 7.32. The molecule has 2 aromatic carbocycles. The molecule has 0 saturated heterocycles. The highest BCUT2D eigenvalue weighted by molar-refractivity contribution is 7.88. The van der Waals surface area contributed by atoms with Crippen molar-refractivity contribution in [2.75, 3.05) is 19.4 Å². The molecule has 1 unspecified atom stereocenters. The second kappa shape index (κ2) is 9.48. The SMILES string of the molecule is CC(COc1ccccc1)NC(=O)CN(Cc1ccccc1F)S(C)(=O)=O. The topological polar surface area (TPSA) is 75.7 Å². The molecule has 146 valence electrons. The zero-order chi connectivity index (χ0) is 19.9. The molecule has 0 aliphatic carbocycles.